The smallest absolute Gasteiger partial charge is 0.273 e. The van der Waals surface area contributed by atoms with Gasteiger partial charge in [0.1, 0.15) is 28.7 Å². The van der Waals surface area contributed by atoms with Crippen LogP contribution in [-0.4, -0.2) is 21.4 Å². The van der Waals surface area contributed by atoms with Crippen molar-refractivity contribution < 1.29 is 19.9 Å². The molecule has 26 heavy (non-hydrogen) atoms. The van der Waals surface area contributed by atoms with Crippen molar-refractivity contribution in [2.24, 2.45) is 4.99 Å². The van der Waals surface area contributed by atoms with Gasteiger partial charge >= 0.3 is 0 Å². The van der Waals surface area contributed by atoms with Gasteiger partial charge in [-0.15, -0.1) is 0 Å². The normalized spacial score (nSPS) is 10.8. The molecule has 0 aliphatic carbocycles. The van der Waals surface area contributed by atoms with E-state index in [1.807, 2.05) is 18.2 Å². The van der Waals surface area contributed by atoms with Crippen molar-refractivity contribution in [1.82, 2.24) is 0 Å². The van der Waals surface area contributed by atoms with E-state index in [0.29, 0.717) is 17.1 Å². The Hall–Kier alpha value is -3.87. The molecule has 3 aromatic rings. The number of non-ortho nitro benzene ring substituents is 1. The zero-order chi connectivity index (χ0) is 18.5. The van der Waals surface area contributed by atoms with E-state index in [1.54, 1.807) is 24.3 Å². The lowest BCUT2D eigenvalue weighted by Crippen LogP contribution is -1.88. The van der Waals surface area contributed by atoms with Crippen molar-refractivity contribution in [3.05, 3.63) is 82.4 Å². The summed E-state index contributed by atoms with van der Waals surface area (Å²) < 4.78 is 5.69. The van der Waals surface area contributed by atoms with Gasteiger partial charge in [0.05, 0.1) is 11.0 Å². The van der Waals surface area contributed by atoms with Crippen LogP contribution in [0.2, 0.25) is 0 Å². The number of hydrogen-bond donors (Lipinski definition) is 2. The van der Waals surface area contributed by atoms with E-state index in [9.17, 15) is 20.3 Å². The molecule has 130 valence electrons. The fraction of sp³-hybridized carbons (Fsp3) is 0. The summed E-state index contributed by atoms with van der Waals surface area (Å²) in [6.07, 6.45) is 1.34. The minimum atomic E-state index is -0.608. The maximum atomic E-state index is 10.7. The van der Waals surface area contributed by atoms with Crippen molar-refractivity contribution in [3.8, 4) is 23.0 Å². The zero-order valence-electron chi connectivity index (χ0n) is 13.4. The number of hydrogen-bond acceptors (Lipinski definition) is 6. The second-order valence-corrected chi connectivity index (χ2v) is 5.32. The predicted molar refractivity (Wildman–Crippen MR) is 96.6 cm³/mol. The standard InChI is InChI=1S/C19H14N2O5/c22-18-9-7-16(26-15-4-2-1-3-5-15)10-13(18)12-20-17-8-6-14(21(24)25)11-19(17)23/h1-12,22-23H. The average molecular weight is 350 g/mol. The van der Waals surface area contributed by atoms with Crippen LogP contribution in [0.1, 0.15) is 5.56 Å². The summed E-state index contributed by atoms with van der Waals surface area (Å²) in [4.78, 5) is 14.1. The number of phenolic OH excluding ortho intramolecular Hbond substituents is 2. The lowest BCUT2D eigenvalue weighted by atomic mass is 10.2. The predicted octanol–water partition coefficient (Wildman–Crippen LogP) is 4.55. The van der Waals surface area contributed by atoms with Gasteiger partial charge < -0.3 is 14.9 Å². The summed E-state index contributed by atoms with van der Waals surface area (Å²) in [7, 11) is 0. The Bertz CT molecular complexity index is 971. The van der Waals surface area contributed by atoms with Gasteiger partial charge in [0.15, 0.2) is 0 Å². The number of nitro benzene ring substituents is 1. The van der Waals surface area contributed by atoms with Crippen molar-refractivity contribution in [3.63, 3.8) is 0 Å². The molecule has 0 amide bonds. The van der Waals surface area contributed by atoms with E-state index < -0.39 is 4.92 Å². The largest absolute Gasteiger partial charge is 0.507 e. The van der Waals surface area contributed by atoms with E-state index in [1.165, 1.54) is 24.4 Å². The van der Waals surface area contributed by atoms with Crippen LogP contribution in [0.25, 0.3) is 0 Å². The van der Waals surface area contributed by atoms with Gasteiger partial charge in [-0.1, -0.05) is 18.2 Å². The van der Waals surface area contributed by atoms with Crippen LogP contribution in [0.5, 0.6) is 23.0 Å². The van der Waals surface area contributed by atoms with Crippen LogP contribution in [0.4, 0.5) is 11.4 Å². The molecule has 3 aromatic carbocycles. The molecule has 7 nitrogen and oxygen atoms in total. The third-order valence-electron chi connectivity index (χ3n) is 3.49. The molecule has 7 heteroatoms. The minimum Gasteiger partial charge on any atom is -0.507 e. The first-order valence-corrected chi connectivity index (χ1v) is 7.60. The number of benzene rings is 3. The molecule has 3 rings (SSSR count). The second kappa shape index (κ2) is 7.35. The van der Waals surface area contributed by atoms with Gasteiger partial charge in [0.25, 0.3) is 5.69 Å². The Morgan fingerprint density at radius 2 is 1.69 bits per heavy atom. The lowest BCUT2D eigenvalue weighted by molar-refractivity contribution is -0.384. The molecule has 0 saturated heterocycles. The molecule has 0 heterocycles. The monoisotopic (exact) mass is 350 g/mol. The van der Waals surface area contributed by atoms with Crippen LogP contribution < -0.4 is 4.74 Å². The number of phenols is 2. The van der Waals surface area contributed by atoms with Crippen molar-refractivity contribution in [2.75, 3.05) is 0 Å². The number of ether oxygens (including phenoxy) is 1. The average Bonchev–Trinajstić information content (AvgIpc) is 2.63. The number of rotatable bonds is 5. The van der Waals surface area contributed by atoms with E-state index in [-0.39, 0.29) is 22.9 Å². The summed E-state index contributed by atoms with van der Waals surface area (Å²) in [5, 5.41) is 30.5. The van der Waals surface area contributed by atoms with Crippen molar-refractivity contribution >= 4 is 17.6 Å². The van der Waals surface area contributed by atoms with Gasteiger partial charge in [-0.05, 0) is 36.4 Å². The lowest BCUT2D eigenvalue weighted by Gasteiger charge is -2.07. The minimum absolute atomic E-state index is 0.0180. The third-order valence-corrected chi connectivity index (χ3v) is 3.49. The Balaban J connectivity index is 1.84. The molecule has 0 bridgehead atoms. The quantitative estimate of drug-likeness (QED) is 0.399. The van der Waals surface area contributed by atoms with Crippen LogP contribution in [-0.2, 0) is 0 Å². The van der Waals surface area contributed by atoms with Crippen molar-refractivity contribution in [2.45, 2.75) is 0 Å². The molecule has 0 aliphatic heterocycles. The van der Waals surface area contributed by atoms with E-state index in [0.717, 1.165) is 6.07 Å². The number of para-hydroxylation sites is 1. The third kappa shape index (κ3) is 3.96. The first kappa shape index (κ1) is 17.0. The van der Waals surface area contributed by atoms with Gasteiger partial charge in [-0.25, -0.2) is 0 Å². The van der Waals surface area contributed by atoms with E-state index in [4.69, 9.17) is 4.74 Å². The molecule has 0 unspecified atom stereocenters. The SMILES string of the molecule is O=[N+]([O-])c1ccc(N=Cc2cc(Oc3ccccc3)ccc2O)c(O)c1. The highest BCUT2D eigenvalue weighted by Gasteiger charge is 2.09. The molecule has 0 atom stereocenters. The topological polar surface area (TPSA) is 105 Å². The highest BCUT2D eigenvalue weighted by molar-refractivity contribution is 5.86. The Morgan fingerprint density at radius 1 is 0.923 bits per heavy atom. The van der Waals surface area contributed by atoms with E-state index in [2.05, 4.69) is 4.99 Å². The van der Waals surface area contributed by atoms with Crippen LogP contribution >= 0.6 is 0 Å². The molecule has 0 fully saturated rings. The molecule has 0 saturated carbocycles. The van der Waals surface area contributed by atoms with Gasteiger partial charge in [-0.2, -0.15) is 0 Å². The van der Waals surface area contributed by atoms with Crippen molar-refractivity contribution in [1.29, 1.82) is 0 Å². The number of aromatic hydroxyl groups is 2. The molecule has 0 aromatic heterocycles. The summed E-state index contributed by atoms with van der Waals surface area (Å²) in [5.41, 5.74) is 0.281. The Kier molecular flexibility index (Phi) is 4.80. The Labute approximate surface area is 148 Å². The molecule has 0 spiro atoms. The van der Waals surface area contributed by atoms with Crippen LogP contribution in [0, 0.1) is 10.1 Å². The first-order valence-electron chi connectivity index (χ1n) is 7.60. The summed E-state index contributed by atoms with van der Waals surface area (Å²) in [6, 6.07) is 17.4. The number of nitro groups is 1. The first-order chi connectivity index (χ1) is 12.5. The molecule has 0 aliphatic rings. The van der Waals surface area contributed by atoms with Gasteiger partial charge in [0.2, 0.25) is 0 Å². The fourth-order valence-corrected chi connectivity index (χ4v) is 2.20. The van der Waals surface area contributed by atoms with Crippen LogP contribution in [0.15, 0.2) is 71.7 Å². The maximum Gasteiger partial charge on any atom is 0.273 e. The molecule has 2 N–H and O–H groups in total. The Morgan fingerprint density at radius 3 is 2.38 bits per heavy atom. The second-order valence-electron chi connectivity index (χ2n) is 5.32. The fourth-order valence-electron chi connectivity index (χ4n) is 2.20. The number of nitrogens with zero attached hydrogens (tertiary/aromatic N) is 2. The maximum absolute atomic E-state index is 10.7. The molecular formula is C19H14N2O5. The van der Waals surface area contributed by atoms with Gasteiger partial charge in [-0.3, -0.25) is 15.1 Å². The van der Waals surface area contributed by atoms with Gasteiger partial charge in [0, 0.05) is 17.8 Å². The highest BCUT2D eigenvalue weighted by atomic mass is 16.6. The molecule has 0 radical (unpaired) electrons. The number of aliphatic imine (C=N–C) groups is 1. The summed E-state index contributed by atoms with van der Waals surface area (Å²) >= 11 is 0. The highest BCUT2D eigenvalue weighted by Crippen LogP contribution is 2.31. The summed E-state index contributed by atoms with van der Waals surface area (Å²) in [5.74, 6) is 0.805. The van der Waals surface area contributed by atoms with Crippen LogP contribution in [0.3, 0.4) is 0 Å². The zero-order valence-corrected chi connectivity index (χ0v) is 13.4. The molecular weight excluding hydrogens is 336 g/mol. The van der Waals surface area contributed by atoms with E-state index >= 15 is 0 Å². The summed E-state index contributed by atoms with van der Waals surface area (Å²) in [6.45, 7) is 0.